The van der Waals surface area contributed by atoms with Crippen LogP contribution in [0.3, 0.4) is 0 Å². The minimum atomic E-state index is -1.29. The van der Waals surface area contributed by atoms with E-state index < -0.39 is 60.4 Å². The zero-order chi connectivity index (χ0) is 28.8. The maximum absolute atomic E-state index is 13.1. The van der Waals surface area contributed by atoms with Crippen molar-refractivity contribution in [3.05, 3.63) is 12.2 Å². The number of carbonyl (C=O) groups is 6. The van der Waals surface area contributed by atoms with Gasteiger partial charge in [0.15, 0.2) is 10.2 Å². The number of hydrogen-bond acceptors (Lipinski definition) is 10. The third-order valence-corrected chi connectivity index (χ3v) is 7.11. The summed E-state index contributed by atoms with van der Waals surface area (Å²) in [5.41, 5.74) is 0. The molecule has 5 unspecified atom stereocenters. The average molecular weight is 574 g/mol. The second kappa shape index (κ2) is 17.3. The van der Waals surface area contributed by atoms with Gasteiger partial charge in [-0.15, -0.1) is 0 Å². The molecular formula is C25H39N3O8S2. The van der Waals surface area contributed by atoms with Crippen molar-refractivity contribution in [2.24, 2.45) is 5.92 Å². The van der Waals surface area contributed by atoms with Crippen LogP contribution in [0.4, 0.5) is 0 Å². The van der Waals surface area contributed by atoms with Crippen molar-refractivity contribution < 1.29 is 38.6 Å². The van der Waals surface area contributed by atoms with Crippen LogP contribution >= 0.6 is 23.5 Å². The summed E-state index contributed by atoms with van der Waals surface area (Å²) < 4.78 is 5.45. The van der Waals surface area contributed by atoms with Crippen molar-refractivity contribution in [1.82, 2.24) is 16.0 Å². The van der Waals surface area contributed by atoms with Gasteiger partial charge in [0.05, 0.1) is 25.0 Å². The molecule has 11 nitrogen and oxygen atoms in total. The van der Waals surface area contributed by atoms with Gasteiger partial charge in [-0.1, -0.05) is 43.4 Å². The fourth-order valence-electron chi connectivity index (χ4n) is 3.53. The number of ether oxygens (including phenoxy) is 1. The third kappa shape index (κ3) is 14.0. The predicted octanol–water partition coefficient (Wildman–Crippen LogP) is 1.08. The topological polar surface area (TPSA) is 168 Å². The number of amides is 3. The van der Waals surface area contributed by atoms with Crippen molar-refractivity contribution in [2.45, 2.75) is 90.6 Å². The predicted molar refractivity (Wildman–Crippen MR) is 146 cm³/mol. The standard InChI is InChI=1S/C25H39N3O8S2/c1-14(2)10-19-21(31)12-23(33)36-18(8-6-7-9-37-16(4)29)11-22(32)26-15(3)24(34)28-20(25(35)27-19)13-38-17(5)30/h6,8,14-15,18-21,31H,7,9-13H2,1-5H3,(H,26,32)(H,27,35)(H,28,34)/b8-6+. The van der Waals surface area contributed by atoms with Crippen LogP contribution in [0, 0.1) is 5.92 Å². The third-order valence-electron chi connectivity index (χ3n) is 5.36. The first kappa shape index (κ1) is 33.6. The molecule has 0 bridgehead atoms. The SMILES string of the molecule is CC(=O)SCC/C=C/C1CC(=O)NC(C)C(=O)NC(CSC(C)=O)C(=O)NC(CC(C)C)C(O)CC(=O)O1. The van der Waals surface area contributed by atoms with Crippen molar-refractivity contribution in [2.75, 3.05) is 11.5 Å². The van der Waals surface area contributed by atoms with Crippen LogP contribution in [0.15, 0.2) is 12.2 Å². The molecule has 1 rings (SSSR count). The number of nitrogens with one attached hydrogen (secondary N) is 3. The van der Waals surface area contributed by atoms with E-state index in [9.17, 15) is 33.9 Å². The van der Waals surface area contributed by atoms with Crippen LogP contribution in [0.1, 0.15) is 60.3 Å². The van der Waals surface area contributed by atoms with Gasteiger partial charge in [-0.25, -0.2) is 0 Å². The van der Waals surface area contributed by atoms with E-state index in [1.54, 1.807) is 6.08 Å². The Hall–Kier alpha value is -2.38. The van der Waals surface area contributed by atoms with Crippen molar-refractivity contribution in [3.63, 3.8) is 0 Å². The molecular weight excluding hydrogens is 534 g/mol. The number of hydrogen-bond donors (Lipinski definition) is 4. The Labute approximate surface area is 232 Å². The van der Waals surface area contributed by atoms with Crippen LogP contribution in [0.2, 0.25) is 0 Å². The number of allylic oxidation sites excluding steroid dienone is 1. The van der Waals surface area contributed by atoms with E-state index in [1.807, 2.05) is 13.8 Å². The summed E-state index contributed by atoms with van der Waals surface area (Å²) in [5, 5.41) is 18.3. The molecule has 13 heteroatoms. The monoisotopic (exact) mass is 573 g/mol. The summed E-state index contributed by atoms with van der Waals surface area (Å²) in [6.45, 7) is 8.02. The van der Waals surface area contributed by atoms with E-state index in [-0.39, 0.29) is 28.3 Å². The zero-order valence-corrected chi connectivity index (χ0v) is 24.1. The summed E-state index contributed by atoms with van der Waals surface area (Å²) in [7, 11) is 0. The van der Waals surface area contributed by atoms with Crippen molar-refractivity contribution >= 4 is 57.4 Å². The first-order valence-corrected chi connectivity index (χ1v) is 14.5. The highest BCUT2D eigenvalue weighted by Crippen LogP contribution is 2.15. The Kier molecular flexibility index (Phi) is 15.3. The Morgan fingerprint density at radius 3 is 2.29 bits per heavy atom. The van der Waals surface area contributed by atoms with Crippen LogP contribution in [-0.4, -0.2) is 80.9 Å². The Morgan fingerprint density at radius 1 is 1.03 bits per heavy atom. The number of aliphatic hydroxyl groups is 1. The molecule has 5 atom stereocenters. The quantitative estimate of drug-likeness (QED) is 0.187. The second-order valence-electron chi connectivity index (χ2n) is 9.46. The molecule has 0 aromatic heterocycles. The van der Waals surface area contributed by atoms with Crippen molar-refractivity contribution in [1.29, 1.82) is 0 Å². The van der Waals surface area contributed by atoms with Gasteiger partial charge in [0.1, 0.15) is 18.2 Å². The highest BCUT2D eigenvalue weighted by Gasteiger charge is 2.31. The van der Waals surface area contributed by atoms with Gasteiger partial charge in [0.25, 0.3) is 0 Å². The normalized spacial score (nSPS) is 26.1. The lowest BCUT2D eigenvalue weighted by atomic mass is 9.97. The lowest BCUT2D eigenvalue weighted by molar-refractivity contribution is -0.151. The maximum Gasteiger partial charge on any atom is 0.309 e. The highest BCUT2D eigenvalue weighted by atomic mass is 32.2. The number of thioether (sulfide) groups is 2. The molecule has 0 aromatic carbocycles. The molecule has 1 aliphatic heterocycles. The molecule has 4 N–H and O–H groups in total. The molecule has 0 saturated carbocycles. The van der Waals surface area contributed by atoms with E-state index >= 15 is 0 Å². The van der Waals surface area contributed by atoms with Crippen LogP contribution < -0.4 is 16.0 Å². The molecule has 1 heterocycles. The highest BCUT2D eigenvalue weighted by molar-refractivity contribution is 8.13. The van der Waals surface area contributed by atoms with E-state index in [2.05, 4.69) is 16.0 Å². The van der Waals surface area contributed by atoms with Crippen LogP contribution in [0.5, 0.6) is 0 Å². The summed E-state index contributed by atoms with van der Waals surface area (Å²) in [6, 6.07) is -2.95. The largest absolute Gasteiger partial charge is 0.457 e. The van der Waals surface area contributed by atoms with Gasteiger partial charge in [-0.05, 0) is 31.8 Å². The minimum absolute atomic E-state index is 0.0236. The lowest BCUT2D eigenvalue weighted by Crippen LogP contribution is -2.56. The summed E-state index contributed by atoms with van der Waals surface area (Å²) >= 11 is 2.00. The van der Waals surface area contributed by atoms with Gasteiger partial charge in [-0.3, -0.25) is 28.8 Å². The van der Waals surface area contributed by atoms with E-state index in [1.165, 1.54) is 26.8 Å². The number of cyclic esters (lactones) is 1. The first-order chi connectivity index (χ1) is 17.8. The Bertz CT molecular complexity index is 896. The molecule has 0 aliphatic carbocycles. The van der Waals surface area contributed by atoms with Crippen LogP contribution in [0.25, 0.3) is 0 Å². The second-order valence-corrected chi connectivity index (χ2v) is 11.9. The minimum Gasteiger partial charge on any atom is -0.457 e. The Balaban J connectivity index is 3.20. The first-order valence-electron chi connectivity index (χ1n) is 12.5. The number of esters is 1. The maximum atomic E-state index is 13.1. The molecule has 0 spiro atoms. The molecule has 1 fully saturated rings. The fourth-order valence-corrected chi connectivity index (χ4v) is 4.71. The molecule has 0 aromatic rings. The lowest BCUT2D eigenvalue weighted by Gasteiger charge is -2.28. The Morgan fingerprint density at radius 2 is 1.68 bits per heavy atom. The van der Waals surface area contributed by atoms with Gasteiger partial charge in [0, 0.05) is 25.4 Å². The molecule has 1 aliphatic rings. The van der Waals surface area contributed by atoms with Crippen molar-refractivity contribution in [3.8, 4) is 0 Å². The number of carbonyl (C=O) groups excluding carboxylic acids is 6. The van der Waals surface area contributed by atoms with Crippen LogP contribution in [-0.2, 0) is 33.5 Å². The average Bonchev–Trinajstić information content (AvgIpc) is 2.79. The van der Waals surface area contributed by atoms with E-state index in [0.29, 0.717) is 18.6 Å². The van der Waals surface area contributed by atoms with Gasteiger partial charge < -0.3 is 25.8 Å². The van der Waals surface area contributed by atoms with Gasteiger partial charge in [0.2, 0.25) is 17.7 Å². The van der Waals surface area contributed by atoms with Gasteiger partial charge in [-0.2, -0.15) is 0 Å². The molecule has 3 amide bonds. The summed E-state index contributed by atoms with van der Waals surface area (Å²) in [6.07, 6.45) is 1.12. The van der Waals surface area contributed by atoms with E-state index in [4.69, 9.17) is 4.74 Å². The molecule has 38 heavy (non-hydrogen) atoms. The smallest absolute Gasteiger partial charge is 0.309 e. The summed E-state index contributed by atoms with van der Waals surface area (Å²) in [5.74, 6) is -2.06. The van der Waals surface area contributed by atoms with E-state index in [0.717, 1.165) is 23.5 Å². The summed E-state index contributed by atoms with van der Waals surface area (Å²) in [4.78, 5) is 73.7. The fraction of sp³-hybridized carbons (Fsp3) is 0.680. The number of rotatable bonds is 8. The molecule has 1 saturated heterocycles. The number of aliphatic hydroxyl groups excluding tert-OH is 1. The molecule has 214 valence electrons. The van der Waals surface area contributed by atoms with Gasteiger partial charge >= 0.3 is 5.97 Å². The molecule has 0 radical (unpaired) electrons. The zero-order valence-electron chi connectivity index (χ0n) is 22.5.